The molecule has 118 valence electrons. The van der Waals surface area contributed by atoms with Crippen molar-refractivity contribution in [3.8, 4) is 0 Å². The van der Waals surface area contributed by atoms with Gasteiger partial charge in [-0.3, -0.25) is 13.9 Å². The lowest BCUT2D eigenvalue weighted by Gasteiger charge is -2.06. The molecule has 0 saturated heterocycles. The Bertz CT molecular complexity index is 872. The van der Waals surface area contributed by atoms with Gasteiger partial charge in [0.05, 0.1) is 0 Å². The number of aryl methyl sites for hydroxylation is 1. The fraction of sp³-hybridized carbons (Fsp3) is 0.357. The summed E-state index contributed by atoms with van der Waals surface area (Å²) in [6.07, 6.45) is 3.55. The van der Waals surface area contributed by atoms with Crippen molar-refractivity contribution in [2.75, 3.05) is 5.75 Å². The van der Waals surface area contributed by atoms with Crippen LogP contribution in [0.3, 0.4) is 0 Å². The fourth-order valence-corrected chi connectivity index (χ4v) is 3.19. The topological polar surface area (TPSA) is 61.8 Å². The first-order valence-corrected chi connectivity index (χ1v) is 7.97. The molecule has 6 nitrogen and oxygen atoms in total. The lowest BCUT2D eigenvalue weighted by atomic mass is 10.5. The summed E-state index contributed by atoms with van der Waals surface area (Å²) in [6.45, 7) is 5.96. The quantitative estimate of drug-likeness (QED) is 0.615. The molecule has 22 heavy (non-hydrogen) atoms. The Kier molecular flexibility index (Phi) is 4.97. The zero-order valence-electron chi connectivity index (χ0n) is 12.7. The molecular formula is C14H17ClN4O2S. The average molecular weight is 341 g/mol. The molecule has 0 radical (unpaired) electrons. The average Bonchev–Trinajstić information content (AvgIpc) is 2.82. The lowest BCUT2D eigenvalue weighted by Crippen LogP contribution is -2.37. The van der Waals surface area contributed by atoms with Gasteiger partial charge in [0, 0.05) is 31.4 Å². The molecule has 0 aliphatic heterocycles. The van der Waals surface area contributed by atoms with Crippen molar-refractivity contribution in [1.82, 2.24) is 18.7 Å². The summed E-state index contributed by atoms with van der Waals surface area (Å²) in [7, 11) is 3.06. The van der Waals surface area contributed by atoms with E-state index in [0.29, 0.717) is 33.7 Å². The summed E-state index contributed by atoms with van der Waals surface area (Å²) < 4.78 is 4.23. The van der Waals surface area contributed by atoms with Crippen molar-refractivity contribution in [2.24, 2.45) is 14.1 Å². The SMILES string of the molecule is C=CCn1c(SCC=C(C)Cl)nc2c1c(=O)n(C)c(=O)n2C. The Balaban J connectivity index is 2.70. The highest BCUT2D eigenvalue weighted by Crippen LogP contribution is 2.22. The number of allylic oxidation sites excluding steroid dienone is 2. The summed E-state index contributed by atoms with van der Waals surface area (Å²) in [6, 6.07) is 0. The molecule has 2 aromatic rings. The molecule has 8 heteroatoms. The van der Waals surface area contributed by atoms with Crippen LogP contribution in [0, 0.1) is 0 Å². The first-order chi connectivity index (χ1) is 10.4. The molecule has 0 atom stereocenters. The number of hydrogen-bond donors (Lipinski definition) is 0. The predicted octanol–water partition coefficient (Wildman–Crippen LogP) is 1.85. The van der Waals surface area contributed by atoms with E-state index in [-0.39, 0.29) is 5.56 Å². The van der Waals surface area contributed by atoms with E-state index >= 15 is 0 Å². The van der Waals surface area contributed by atoms with Crippen LogP contribution in [0.15, 0.2) is 38.5 Å². The van der Waals surface area contributed by atoms with E-state index in [1.165, 1.54) is 23.4 Å². The van der Waals surface area contributed by atoms with Crippen molar-refractivity contribution in [1.29, 1.82) is 0 Å². The van der Waals surface area contributed by atoms with E-state index in [0.717, 1.165) is 4.57 Å². The summed E-state index contributed by atoms with van der Waals surface area (Å²) in [4.78, 5) is 28.9. The van der Waals surface area contributed by atoms with Crippen LogP contribution < -0.4 is 11.2 Å². The number of hydrogen-bond acceptors (Lipinski definition) is 4. The van der Waals surface area contributed by atoms with E-state index < -0.39 is 5.69 Å². The number of thioether (sulfide) groups is 1. The summed E-state index contributed by atoms with van der Waals surface area (Å²) in [5.74, 6) is 0.629. The molecule has 0 bridgehead atoms. The van der Waals surface area contributed by atoms with Crippen LogP contribution >= 0.6 is 23.4 Å². The van der Waals surface area contributed by atoms with Gasteiger partial charge < -0.3 is 4.57 Å². The molecule has 0 unspecified atom stereocenters. The molecule has 2 rings (SSSR count). The van der Waals surface area contributed by atoms with Gasteiger partial charge in [0.25, 0.3) is 5.56 Å². The van der Waals surface area contributed by atoms with E-state index in [1.54, 1.807) is 24.6 Å². The highest BCUT2D eigenvalue weighted by molar-refractivity contribution is 7.99. The van der Waals surface area contributed by atoms with E-state index in [1.807, 2.05) is 6.08 Å². The van der Waals surface area contributed by atoms with Gasteiger partial charge in [-0.05, 0) is 6.92 Å². The molecule has 2 heterocycles. The van der Waals surface area contributed by atoms with Crippen LogP contribution in [0.2, 0.25) is 0 Å². The zero-order valence-corrected chi connectivity index (χ0v) is 14.2. The van der Waals surface area contributed by atoms with Gasteiger partial charge in [0.1, 0.15) is 0 Å². The number of imidazole rings is 1. The Labute approximate surface area is 136 Å². The van der Waals surface area contributed by atoms with Gasteiger partial charge in [0.2, 0.25) is 0 Å². The van der Waals surface area contributed by atoms with Gasteiger partial charge in [-0.25, -0.2) is 9.78 Å². The van der Waals surface area contributed by atoms with Crippen LogP contribution in [0.25, 0.3) is 11.2 Å². The maximum Gasteiger partial charge on any atom is 0.332 e. The Morgan fingerprint density at radius 1 is 1.36 bits per heavy atom. The predicted molar refractivity (Wildman–Crippen MR) is 90.7 cm³/mol. The number of halogens is 1. The Morgan fingerprint density at radius 2 is 2.05 bits per heavy atom. The first kappa shape index (κ1) is 16.6. The summed E-state index contributed by atoms with van der Waals surface area (Å²) >= 11 is 7.27. The Hall–Kier alpha value is -1.73. The van der Waals surface area contributed by atoms with Crippen LogP contribution in [0.5, 0.6) is 0 Å². The first-order valence-electron chi connectivity index (χ1n) is 6.60. The van der Waals surface area contributed by atoms with Crippen LogP contribution in [0.1, 0.15) is 6.92 Å². The van der Waals surface area contributed by atoms with Gasteiger partial charge in [-0.15, -0.1) is 6.58 Å². The van der Waals surface area contributed by atoms with Gasteiger partial charge in [-0.1, -0.05) is 35.5 Å². The molecule has 0 spiro atoms. The molecule has 0 fully saturated rings. The van der Waals surface area contributed by atoms with Gasteiger partial charge in [0.15, 0.2) is 16.3 Å². The van der Waals surface area contributed by atoms with Gasteiger partial charge in [-0.2, -0.15) is 0 Å². The van der Waals surface area contributed by atoms with Crippen LogP contribution in [-0.4, -0.2) is 24.4 Å². The highest BCUT2D eigenvalue weighted by atomic mass is 35.5. The summed E-state index contributed by atoms with van der Waals surface area (Å²) in [5, 5.41) is 1.35. The van der Waals surface area contributed by atoms with Crippen molar-refractivity contribution in [2.45, 2.75) is 18.6 Å². The monoisotopic (exact) mass is 340 g/mol. The normalized spacial score (nSPS) is 12.1. The number of rotatable bonds is 5. The molecule has 2 aromatic heterocycles. The second kappa shape index (κ2) is 6.58. The van der Waals surface area contributed by atoms with Crippen molar-refractivity contribution < 1.29 is 0 Å². The van der Waals surface area contributed by atoms with Crippen molar-refractivity contribution >= 4 is 34.5 Å². The number of aromatic nitrogens is 4. The van der Waals surface area contributed by atoms with E-state index in [2.05, 4.69) is 11.6 Å². The molecule has 0 N–H and O–H groups in total. The van der Waals surface area contributed by atoms with E-state index in [4.69, 9.17) is 11.6 Å². The third-order valence-electron chi connectivity index (χ3n) is 3.20. The molecule has 0 aliphatic carbocycles. The highest BCUT2D eigenvalue weighted by Gasteiger charge is 2.18. The number of nitrogens with zero attached hydrogens (tertiary/aromatic N) is 4. The third kappa shape index (κ3) is 2.91. The summed E-state index contributed by atoms with van der Waals surface area (Å²) in [5.41, 5.74) is 0.0276. The second-order valence-corrected chi connectivity index (χ2v) is 6.36. The van der Waals surface area contributed by atoms with Crippen LogP contribution in [0.4, 0.5) is 0 Å². The second-order valence-electron chi connectivity index (χ2n) is 4.77. The fourth-order valence-electron chi connectivity index (χ4n) is 2.07. The largest absolute Gasteiger partial charge is 0.332 e. The van der Waals surface area contributed by atoms with Crippen molar-refractivity contribution in [3.05, 3.63) is 44.6 Å². The van der Waals surface area contributed by atoms with Gasteiger partial charge >= 0.3 is 5.69 Å². The molecule has 0 aliphatic rings. The maximum atomic E-state index is 12.4. The minimum Gasteiger partial charge on any atom is -0.309 e. The third-order valence-corrected chi connectivity index (χ3v) is 4.26. The minimum atomic E-state index is -0.395. The molecular weight excluding hydrogens is 324 g/mol. The minimum absolute atomic E-state index is 0.358. The molecule has 0 aromatic carbocycles. The van der Waals surface area contributed by atoms with Crippen LogP contribution in [-0.2, 0) is 20.6 Å². The van der Waals surface area contributed by atoms with E-state index in [9.17, 15) is 9.59 Å². The zero-order chi connectivity index (χ0) is 16.4. The Morgan fingerprint density at radius 3 is 2.64 bits per heavy atom. The molecule has 0 amide bonds. The lowest BCUT2D eigenvalue weighted by molar-refractivity contribution is 0.700. The van der Waals surface area contributed by atoms with Crippen molar-refractivity contribution in [3.63, 3.8) is 0 Å². The molecule has 0 saturated carbocycles. The standard InChI is InChI=1S/C14H17ClN4O2S/c1-5-7-19-10-11(16-13(19)22-8-6-9(2)15)17(3)14(21)18(4)12(10)20/h5-6H,1,7-8H2,2-4H3. The smallest absolute Gasteiger partial charge is 0.309 e. The number of fused-ring (bicyclic) bond motifs is 1. The maximum absolute atomic E-state index is 12.4.